The van der Waals surface area contributed by atoms with E-state index >= 15 is 0 Å². The molecule has 0 saturated carbocycles. The number of fused-ring (bicyclic) bond motifs is 1. The number of allylic oxidation sites excluding steroid dienone is 1. The standard InChI is InChI=1S/C19H19N3O3S2/c1-11(23)15-17(24)22-16(19(25)26)13(27-18(15)22)9-14-20-7-8-21(14)10-12-5-3-2-4-6-12/h2-8,11,15,18,23H,9-10H2,1H3,(H,25,26)/t11-,15+,18+/m0/s1. The Morgan fingerprint density at radius 2 is 2.11 bits per heavy atom. The Kier molecular flexibility index (Phi) is 4.88. The molecule has 1 aromatic heterocycles. The first-order valence-corrected chi connectivity index (χ1v) is 9.98. The van der Waals surface area contributed by atoms with Crippen LogP contribution >= 0.6 is 24.4 Å². The lowest BCUT2D eigenvalue weighted by Gasteiger charge is -2.43. The number of aliphatic hydroxyl groups excluding tert-OH is 1. The van der Waals surface area contributed by atoms with E-state index in [1.54, 1.807) is 13.1 Å². The molecule has 27 heavy (non-hydrogen) atoms. The highest BCUT2D eigenvalue weighted by molar-refractivity contribution is 8.04. The quantitative estimate of drug-likeness (QED) is 0.572. The van der Waals surface area contributed by atoms with E-state index in [4.69, 9.17) is 0 Å². The number of hydrogen-bond donors (Lipinski definition) is 2. The van der Waals surface area contributed by atoms with E-state index in [1.165, 1.54) is 16.7 Å². The van der Waals surface area contributed by atoms with Gasteiger partial charge in [-0.2, -0.15) is 0 Å². The molecule has 3 heterocycles. The first kappa shape index (κ1) is 18.3. The molecule has 0 spiro atoms. The summed E-state index contributed by atoms with van der Waals surface area (Å²) in [4.78, 5) is 31.1. The highest BCUT2D eigenvalue weighted by atomic mass is 32.2. The van der Waals surface area contributed by atoms with E-state index in [1.807, 2.05) is 41.1 Å². The van der Waals surface area contributed by atoms with Gasteiger partial charge in [-0.05, 0) is 12.5 Å². The zero-order valence-electron chi connectivity index (χ0n) is 14.6. The first-order chi connectivity index (χ1) is 13.0. The van der Waals surface area contributed by atoms with Gasteiger partial charge in [-0.3, -0.25) is 14.5 Å². The van der Waals surface area contributed by atoms with Gasteiger partial charge >= 0.3 is 0 Å². The van der Waals surface area contributed by atoms with Crippen molar-refractivity contribution in [2.24, 2.45) is 5.92 Å². The molecule has 0 bridgehead atoms. The molecule has 8 heteroatoms. The maximum Gasteiger partial charge on any atom is 0.236 e. The minimum atomic E-state index is -0.748. The fourth-order valence-electron chi connectivity index (χ4n) is 3.55. The second-order valence-corrected chi connectivity index (χ2v) is 8.31. The molecule has 6 nitrogen and oxygen atoms in total. The summed E-state index contributed by atoms with van der Waals surface area (Å²) in [6, 6.07) is 10.1. The van der Waals surface area contributed by atoms with Crippen LogP contribution in [-0.2, 0) is 22.6 Å². The van der Waals surface area contributed by atoms with Crippen molar-refractivity contribution in [1.82, 2.24) is 14.5 Å². The maximum atomic E-state index is 12.4. The highest BCUT2D eigenvalue weighted by Crippen LogP contribution is 2.51. The van der Waals surface area contributed by atoms with Crippen LogP contribution < -0.4 is 0 Å². The van der Waals surface area contributed by atoms with Gasteiger partial charge in [0.15, 0.2) is 0 Å². The van der Waals surface area contributed by atoms with E-state index < -0.39 is 17.1 Å². The second kappa shape index (κ2) is 7.18. The van der Waals surface area contributed by atoms with Crippen molar-refractivity contribution in [2.75, 3.05) is 0 Å². The van der Waals surface area contributed by atoms with Crippen LogP contribution in [0.25, 0.3) is 0 Å². The van der Waals surface area contributed by atoms with Gasteiger partial charge in [-0.25, -0.2) is 4.98 Å². The van der Waals surface area contributed by atoms with E-state index in [0.717, 1.165) is 16.3 Å². The third-order valence-electron chi connectivity index (χ3n) is 4.89. The van der Waals surface area contributed by atoms with Crippen LogP contribution in [0.4, 0.5) is 0 Å². The summed E-state index contributed by atoms with van der Waals surface area (Å²) in [5.41, 5.74) is 1.48. The molecule has 1 fully saturated rings. The van der Waals surface area contributed by atoms with Gasteiger partial charge < -0.3 is 9.67 Å². The third kappa shape index (κ3) is 3.22. The van der Waals surface area contributed by atoms with E-state index in [-0.39, 0.29) is 11.3 Å². The Morgan fingerprint density at radius 1 is 1.37 bits per heavy atom. The summed E-state index contributed by atoms with van der Waals surface area (Å²) >= 11 is 5.42. The molecular weight excluding hydrogens is 382 g/mol. The van der Waals surface area contributed by atoms with Crippen LogP contribution in [0, 0.1) is 5.92 Å². The van der Waals surface area contributed by atoms with Gasteiger partial charge in [-0.1, -0.05) is 43.0 Å². The summed E-state index contributed by atoms with van der Waals surface area (Å²) in [5, 5.41) is 9.19. The first-order valence-electron chi connectivity index (χ1n) is 8.65. The number of nitrogens with zero attached hydrogens (tertiary/aromatic N) is 3. The monoisotopic (exact) mass is 401 g/mol. The Hall–Kier alpha value is -2.03. The molecule has 0 unspecified atom stereocenters. The highest BCUT2D eigenvalue weighted by Gasteiger charge is 2.57. The second-order valence-electron chi connectivity index (χ2n) is 6.69. The van der Waals surface area contributed by atoms with Crippen molar-refractivity contribution in [3.63, 3.8) is 0 Å². The van der Waals surface area contributed by atoms with E-state index in [9.17, 15) is 14.7 Å². The number of β-lactam (4-membered cyclic amide) rings is 1. The lowest BCUT2D eigenvalue weighted by molar-refractivity contribution is -0.153. The fraction of sp³-hybridized carbons (Fsp3) is 0.316. The number of aliphatic hydroxyl groups is 1. The predicted octanol–water partition coefficient (Wildman–Crippen LogP) is 2.05. The number of carbonyl (C=O) groups is 2. The number of benzene rings is 1. The number of thioether (sulfide) groups is 1. The van der Waals surface area contributed by atoms with E-state index in [2.05, 4.69) is 17.6 Å². The van der Waals surface area contributed by atoms with Crippen molar-refractivity contribution in [3.05, 3.63) is 64.7 Å². The minimum absolute atomic E-state index is 0.220. The average molecular weight is 402 g/mol. The zero-order valence-corrected chi connectivity index (χ0v) is 16.4. The molecular formula is C19H19N3O3S2. The Balaban J connectivity index is 1.59. The zero-order chi connectivity index (χ0) is 19.1. The van der Waals surface area contributed by atoms with Crippen molar-refractivity contribution >= 4 is 35.4 Å². The summed E-state index contributed by atoms with van der Waals surface area (Å²) in [6.45, 7) is 2.29. The van der Waals surface area contributed by atoms with Gasteiger partial charge in [0.2, 0.25) is 11.0 Å². The lowest BCUT2D eigenvalue weighted by Crippen LogP contribution is -2.60. The Morgan fingerprint density at radius 3 is 2.78 bits per heavy atom. The smallest absolute Gasteiger partial charge is 0.236 e. The molecule has 4 rings (SSSR count). The third-order valence-corrected chi connectivity index (χ3v) is 6.47. The molecule has 1 aromatic carbocycles. The molecule has 3 atom stereocenters. The Bertz CT molecular complexity index is 923. The largest absolute Gasteiger partial charge is 0.392 e. The molecule has 2 aliphatic heterocycles. The average Bonchev–Trinajstić information content (AvgIpc) is 3.18. The van der Waals surface area contributed by atoms with Crippen LogP contribution in [-0.4, -0.2) is 42.1 Å². The number of imidazole rings is 1. The van der Waals surface area contributed by atoms with Crippen molar-refractivity contribution in [1.29, 1.82) is 0 Å². The van der Waals surface area contributed by atoms with Crippen LogP contribution in [0.3, 0.4) is 0 Å². The summed E-state index contributed by atoms with van der Waals surface area (Å²) in [5.74, 6) is 0.110. The number of aromatic nitrogens is 2. The molecule has 2 aliphatic rings. The SMILES string of the molecule is C[C@H](O)[C@@H]1C(=O)N2C(C(=O)S)=C(Cc3nccn3Cc3ccccc3)S[C@H]12. The molecule has 2 aromatic rings. The Labute approximate surface area is 166 Å². The van der Waals surface area contributed by atoms with Crippen LogP contribution in [0.5, 0.6) is 0 Å². The van der Waals surface area contributed by atoms with Crippen molar-refractivity contribution < 1.29 is 14.7 Å². The van der Waals surface area contributed by atoms with Gasteiger partial charge in [0.1, 0.15) is 16.9 Å². The van der Waals surface area contributed by atoms with Crippen LogP contribution in [0.2, 0.25) is 0 Å². The molecule has 1 saturated heterocycles. The molecule has 140 valence electrons. The van der Waals surface area contributed by atoms with Gasteiger partial charge in [0.25, 0.3) is 0 Å². The number of carbonyl (C=O) groups excluding carboxylic acids is 2. The maximum absolute atomic E-state index is 12.4. The summed E-state index contributed by atoms with van der Waals surface area (Å²) in [7, 11) is 0. The van der Waals surface area contributed by atoms with Crippen molar-refractivity contribution in [3.8, 4) is 0 Å². The van der Waals surface area contributed by atoms with Gasteiger partial charge in [-0.15, -0.1) is 11.8 Å². The van der Waals surface area contributed by atoms with Crippen LogP contribution in [0.1, 0.15) is 18.3 Å². The fourth-order valence-corrected chi connectivity index (χ4v) is 5.48. The molecule has 0 radical (unpaired) electrons. The van der Waals surface area contributed by atoms with Gasteiger partial charge in [0.05, 0.1) is 12.0 Å². The minimum Gasteiger partial charge on any atom is -0.392 e. The normalized spacial score (nSPS) is 22.6. The van der Waals surface area contributed by atoms with Gasteiger partial charge in [0, 0.05) is 30.3 Å². The number of hydrogen-bond acceptors (Lipinski definition) is 5. The molecule has 0 aliphatic carbocycles. The number of amides is 1. The number of thiol groups is 1. The predicted molar refractivity (Wildman–Crippen MR) is 106 cm³/mol. The summed E-state index contributed by atoms with van der Waals surface area (Å²) < 4.78 is 2.03. The van der Waals surface area contributed by atoms with Crippen LogP contribution in [0.15, 0.2) is 53.3 Å². The summed E-state index contributed by atoms with van der Waals surface area (Å²) in [6.07, 6.45) is 3.34. The topological polar surface area (TPSA) is 75.4 Å². The van der Waals surface area contributed by atoms with E-state index in [0.29, 0.717) is 18.7 Å². The molecule has 1 N–H and O–H groups in total. The molecule has 1 amide bonds. The lowest BCUT2D eigenvalue weighted by atomic mass is 9.92. The number of rotatable bonds is 6. The van der Waals surface area contributed by atoms with Crippen molar-refractivity contribution in [2.45, 2.75) is 31.4 Å².